The van der Waals surface area contributed by atoms with Gasteiger partial charge in [-0.3, -0.25) is 11.5 Å². The van der Waals surface area contributed by atoms with Crippen molar-refractivity contribution >= 4 is 5.97 Å². The van der Waals surface area contributed by atoms with E-state index >= 15 is 0 Å². The van der Waals surface area contributed by atoms with Crippen LogP contribution in [0.15, 0.2) is 18.2 Å². The lowest BCUT2D eigenvalue weighted by molar-refractivity contribution is 0.0371. The van der Waals surface area contributed by atoms with Gasteiger partial charge < -0.3 is 14.2 Å². The van der Waals surface area contributed by atoms with E-state index in [0.29, 0.717) is 5.75 Å². The van der Waals surface area contributed by atoms with Crippen LogP contribution in [0.1, 0.15) is 38.1 Å². The number of carbonyl (C=O) groups is 1. The highest BCUT2D eigenvalue weighted by Gasteiger charge is 2.18. The maximum absolute atomic E-state index is 12.0. The second-order valence-electron chi connectivity index (χ2n) is 4.86. The van der Waals surface area contributed by atoms with Gasteiger partial charge in [0.05, 0.1) is 12.2 Å². The summed E-state index contributed by atoms with van der Waals surface area (Å²) in [6, 6.07) is 4.82. The molecule has 0 saturated carbocycles. The quantitative estimate of drug-likeness (QED) is 0.608. The van der Waals surface area contributed by atoms with Crippen molar-refractivity contribution in [3.05, 3.63) is 23.8 Å². The molecule has 0 fully saturated rings. The molecule has 6 nitrogen and oxygen atoms in total. The molecule has 0 amide bonds. The molecule has 0 aliphatic carbocycles. The SMILES string of the molecule is CC(C)OC(=O)c1ccc(OC(C)C)cc1OC(N)N. The molecule has 6 heteroatoms. The van der Waals surface area contributed by atoms with Crippen molar-refractivity contribution < 1.29 is 19.0 Å². The Hall–Kier alpha value is -1.79. The van der Waals surface area contributed by atoms with E-state index in [1.807, 2.05) is 13.8 Å². The summed E-state index contributed by atoms with van der Waals surface area (Å²) >= 11 is 0. The van der Waals surface area contributed by atoms with Crippen LogP contribution in [0.4, 0.5) is 0 Å². The lowest BCUT2D eigenvalue weighted by Crippen LogP contribution is -2.37. The number of esters is 1. The summed E-state index contributed by atoms with van der Waals surface area (Å²) in [6.45, 7) is 7.33. The third-order valence-corrected chi connectivity index (χ3v) is 2.15. The average molecular weight is 282 g/mol. The fourth-order valence-electron chi connectivity index (χ4n) is 1.54. The van der Waals surface area contributed by atoms with Crippen LogP contribution >= 0.6 is 0 Å². The van der Waals surface area contributed by atoms with E-state index in [2.05, 4.69) is 0 Å². The predicted molar refractivity (Wildman–Crippen MR) is 75.5 cm³/mol. The van der Waals surface area contributed by atoms with E-state index in [1.54, 1.807) is 32.0 Å². The maximum Gasteiger partial charge on any atom is 0.342 e. The molecule has 0 heterocycles. The first-order chi connectivity index (χ1) is 9.29. The van der Waals surface area contributed by atoms with E-state index < -0.39 is 12.3 Å². The van der Waals surface area contributed by atoms with Crippen molar-refractivity contribution in [2.24, 2.45) is 11.5 Å². The summed E-state index contributed by atoms with van der Waals surface area (Å²) in [5.74, 6) is 0.312. The Morgan fingerprint density at radius 3 is 2.20 bits per heavy atom. The molecule has 0 radical (unpaired) electrons. The second kappa shape index (κ2) is 7.12. The standard InChI is InChI=1S/C14H22N2O4/c1-8(2)18-10-5-6-11(13(17)19-9(3)4)12(7-10)20-14(15)16/h5-9,14H,15-16H2,1-4H3. The predicted octanol–water partition coefficient (Wildman–Crippen LogP) is 1.62. The third-order valence-electron chi connectivity index (χ3n) is 2.15. The van der Waals surface area contributed by atoms with E-state index in [0.717, 1.165) is 0 Å². The Kier molecular flexibility index (Phi) is 5.79. The molecule has 4 N–H and O–H groups in total. The lowest BCUT2D eigenvalue weighted by atomic mass is 10.2. The van der Waals surface area contributed by atoms with Gasteiger partial charge in [0.1, 0.15) is 17.1 Å². The van der Waals surface area contributed by atoms with Gasteiger partial charge in [-0.05, 0) is 39.8 Å². The Morgan fingerprint density at radius 1 is 1.05 bits per heavy atom. The highest BCUT2D eigenvalue weighted by Crippen LogP contribution is 2.27. The fraction of sp³-hybridized carbons (Fsp3) is 0.500. The van der Waals surface area contributed by atoms with Gasteiger partial charge in [0.15, 0.2) is 0 Å². The summed E-state index contributed by atoms with van der Waals surface area (Å²) in [5.41, 5.74) is 11.1. The fourth-order valence-corrected chi connectivity index (χ4v) is 1.54. The molecule has 0 unspecified atom stereocenters. The topological polar surface area (TPSA) is 96.8 Å². The minimum absolute atomic E-state index is 0.00265. The molecule has 112 valence electrons. The first kappa shape index (κ1) is 16.3. The average Bonchev–Trinajstić information content (AvgIpc) is 2.26. The Balaban J connectivity index is 3.06. The smallest absolute Gasteiger partial charge is 0.342 e. The van der Waals surface area contributed by atoms with Crippen LogP contribution in [0.3, 0.4) is 0 Å². The first-order valence-corrected chi connectivity index (χ1v) is 6.49. The van der Waals surface area contributed by atoms with E-state index in [4.69, 9.17) is 25.7 Å². The Bertz CT molecular complexity index is 458. The number of nitrogens with two attached hydrogens (primary N) is 2. The first-order valence-electron chi connectivity index (χ1n) is 6.49. The van der Waals surface area contributed by atoms with Crippen LogP contribution in [0, 0.1) is 0 Å². The van der Waals surface area contributed by atoms with Gasteiger partial charge in [0.2, 0.25) is 6.35 Å². The van der Waals surface area contributed by atoms with Crippen LogP contribution in [-0.2, 0) is 4.74 Å². The zero-order chi connectivity index (χ0) is 15.3. The molecule has 0 bridgehead atoms. The minimum Gasteiger partial charge on any atom is -0.491 e. The normalized spacial score (nSPS) is 11.1. The van der Waals surface area contributed by atoms with Crippen molar-refractivity contribution in [2.75, 3.05) is 0 Å². The van der Waals surface area contributed by atoms with Crippen LogP contribution in [0.5, 0.6) is 11.5 Å². The van der Waals surface area contributed by atoms with Crippen molar-refractivity contribution in [3.8, 4) is 11.5 Å². The number of hydrogen-bond donors (Lipinski definition) is 2. The molecule has 0 aliphatic heterocycles. The molecule has 20 heavy (non-hydrogen) atoms. The van der Waals surface area contributed by atoms with Gasteiger partial charge in [0.25, 0.3) is 0 Å². The van der Waals surface area contributed by atoms with Gasteiger partial charge in [-0.25, -0.2) is 4.79 Å². The highest BCUT2D eigenvalue weighted by molar-refractivity contribution is 5.92. The van der Waals surface area contributed by atoms with Crippen molar-refractivity contribution in [1.29, 1.82) is 0 Å². The molecule has 0 atom stereocenters. The third kappa shape index (κ3) is 5.07. The van der Waals surface area contributed by atoms with Gasteiger partial charge in [-0.2, -0.15) is 0 Å². The summed E-state index contributed by atoms with van der Waals surface area (Å²) in [6.07, 6.45) is -1.26. The number of hydrogen-bond acceptors (Lipinski definition) is 6. The molecule has 0 saturated heterocycles. The van der Waals surface area contributed by atoms with Crippen LogP contribution in [0.25, 0.3) is 0 Å². The van der Waals surface area contributed by atoms with E-state index in [-0.39, 0.29) is 23.5 Å². The molecular weight excluding hydrogens is 260 g/mol. The molecular formula is C14H22N2O4. The minimum atomic E-state index is -1.03. The summed E-state index contributed by atoms with van der Waals surface area (Å²) in [7, 11) is 0. The van der Waals surface area contributed by atoms with Gasteiger partial charge in [0, 0.05) is 6.07 Å². The van der Waals surface area contributed by atoms with Crippen LogP contribution in [-0.4, -0.2) is 24.5 Å². The van der Waals surface area contributed by atoms with Gasteiger partial charge in [-0.1, -0.05) is 0 Å². The Morgan fingerprint density at radius 2 is 1.70 bits per heavy atom. The molecule has 1 aromatic rings. The van der Waals surface area contributed by atoms with Crippen LogP contribution in [0.2, 0.25) is 0 Å². The monoisotopic (exact) mass is 282 g/mol. The highest BCUT2D eigenvalue weighted by atomic mass is 16.5. The lowest BCUT2D eigenvalue weighted by Gasteiger charge is -2.17. The molecule has 1 aromatic carbocycles. The number of carbonyl (C=O) groups excluding carboxylic acids is 1. The number of benzene rings is 1. The van der Waals surface area contributed by atoms with Crippen molar-refractivity contribution in [3.63, 3.8) is 0 Å². The molecule has 0 spiro atoms. The van der Waals surface area contributed by atoms with Crippen molar-refractivity contribution in [2.45, 2.75) is 46.3 Å². The number of rotatable bonds is 6. The van der Waals surface area contributed by atoms with Gasteiger partial charge >= 0.3 is 5.97 Å². The van der Waals surface area contributed by atoms with Gasteiger partial charge in [-0.15, -0.1) is 0 Å². The molecule has 0 aromatic heterocycles. The zero-order valence-electron chi connectivity index (χ0n) is 12.3. The summed E-state index contributed by atoms with van der Waals surface area (Å²) < 4.78 is 15.9. The maximum atomic E-state index is 12.0. The molecule has 1 rings (SSSR count). The summed E-state index contributed by atoms with van der Waals surface area (Å²) in [4.78, 5) is 12.0. The van der Waals surface area contributed by atoms with Crippen LogP contribution < -0.4 is 20.9 Å². The second-order valence-corrected chi connectivity index (χ2v) is 4.86. The zero-order valence-corrected chi connectivity index (χ0v) is 12.3. The Labute approximate surface area is 119 Å². The summed E-state index contributed by atoms with van der Waals surface area (Å²) in [5, 5.41) is 0. The largest absolute Gasteiger partial charge is 0.491 e. The molecule has 0 aliphatic rings. The number of ether oxygens (including phenoxy) is 3. The van der Waals surface area contributed by atoms with E-state index in [1.165, 1.54) is 0 Å². The van der Waals surface area contributed by atoms with Crippen molar-refractivity contribution in [1.82, 2.24) is 0 Å². The van der Waals surface area contributed by atoms with E-state index in [9.17, 15) is 4.79 Å².